The van der Waals surface area contributed by atoms with Gasteiger partial charge >= 0.3 is 0 Å². The van der Waals surface area contributed by atoms with Crippen molar-refractivity contribution in [3.8, 4) is 0 Å². The molecule has 0 unspecified atom stereocenters. The summed E-state index contributed by atoms with van der Waals surface area (Å²) in [5.74, 6) is 0.444. The van der Waals surface area contributed by atoms with Crippen molar-refractivity contribution in [3.05, 3.63) is 69.7 Å². The van der Waals surface area contributed by atoms with Crippen molar-refractivity contribution in [1.82, 2.24) is 4.90 Å². The first-order valence-electron chi connectivity index (χ1n) is 7.56. The second kappa shape index (κ2) is 5.82. The molecule has 0 heterocycles. The minimum absolute atomic E-state index is 0.444. The third kappa shape index (κ3) is 3.00. The SMILES string of the molecule is Cc1ccc2c(c1)[C@@H](c1cccc(Cl)c1)C[C@H](N(C)C)C2. The minimum atomic E-state index is 0.444. The van der Waals surface area contributed by atoms with Gasteiger partial charge < -0.3 is 4.90 Å². The molecular weight excluding hydrogens is 278 g/mol. The maximum atomic E-state index is 6.21. The van der Waals surface area contributed by atoms with Gasteiger partial charge in [-0.2, -0.15) is 0 Å². The molecule has 1 nitrogen and oxygen atoms in total. The van der Waals surface area contributed by atoms with Crippen molar-refractivity contribution in [2.45, 2.75) is 31.7 Å². The van der Waals surface area contributed by atoms with Crippen LogP contribution in [0.1, 0.15) is 34.6 Å². The molecule has 1 aliphatic rings. The molecule has 0 radical (unpaired) electrons. The number of fused-ring (bicyclic) bond motifs is 1. The van der Waals surface area contributed by atoms with Gasteiger partial charge in [0.15, 0.2) is 0 Å². The largest absolute Gasteiger partial charge is 0.306 e. The second-order valence-electron chi connectivity index (χ2n) is 6.37. The topological polar surface area (TPSA) is 3.24 Å². The number of halogens is 1. The summed E-state index contributed by atoms with van der Waals surface area (Å²) in [6, 6.07) is 15.8. The molecule has 0 fully saturated rings. The summed E-state index contributed by atoms with van der Waals surface area (Å²) in [5, 5.41) is 0.827. The first-order valence-corrected chi connectivity index (χ1v) is 7.93. The van der Waals surface area contributed by atoms with Crippen molar-refractivity contribution >= 4 is 11.6 Å². The lowest BCUT2D eigenvalue weighted by molar-refractivity contribution is 0.258. The van der Waals surface area contributed by atoms with E-state index in [1.54, 1.807) is 0 Å². The summed E-state index contributed by atoms with van der Waals surface area (Å²) in [5.41, 5.74) is 5.64. The van der Waals surface area contributed by atoms with Gasteiger partial charge in [-0.05, 0) is 62.7 Å². The van der Waals surface area contributed by atoms with Crippen molar-refractivity contribution < 1.29 is 0 Å². The van der Waals surface area contributed by atoms with Crippen LogP contribution in [0.2, 0.25) is 5.02 Å². The van der Waals surface area contributed by atoms with Gasteiger partial charge in [0, 0.05) is 17.0 Å². The van der Waals surface area contributed by atoms with E-state index >= 15 is 0 Å². The number of aryl methyl sites for hydroxylation is 1. The van der Waals surface area contributed by atoms with Gasteiger partial charge in [-0.15, -0.1) is 0 Å². The van der Waals surface area contributed by atoms with Gasteiger partial charge in [0.25, 0.3) is 0 Å². The molecule has 2 atom stereocenters. The Balaban J connectivity index is 2.08. The van der Waals surface area contributed by atoms with Crippen molar-refractivity contribution in [2.75, 3.05) is 14.1 Å². The lowest BCUT2D eigenvalue weighted by Gasteiger charge is -2.36. The Morgan fingerprint density at radius 1 is 1.10 bits per heavy atom. The monoisotopic (exact) mass is 299 g/mol. The maximum absolute atomic E-state index is 6.21. The maximum Gasteiger partial charge on any atom is 0.0408 e. The van der Waals surface area contributed by atoms with Gasteiger partial charge in [0.1, 0.15) is 0 Å². The molecular formula is C19H22ClN. The zero-order chi connectivity index (χ0) is 15.0. The average Bonchev–Trinajstić information content (AvgIpc) is 2.46. The van der Waals surface area contributed by atoms with Crippen LogP contribution in [0.4, 0.5) is 0 Å². The number of nitrogens with zero attached hydrogens (tertiary/aromatic N) is 1. The third-order valence-electron chi connectivity index (χ3n) is 4.62. The van der Waals surface area contributed by atoms with Crippen LogP contribution in [0, 0.1) is 6.92 Å². The number of hydrogen-bond acceptors (Lipinski definition) is 1. The molecule has 0 aliphatic heterocycles. The first kappa shape index (κ1) is 14.6. The molecule has 0 amide bonds. The van der Waals surface area contributed by atoms with Crippen LogP contribution in [0.25, 0.3) is 0 Å². The van der Waals surface area contributed by atoms with E-state index < -0.39 is 0 Å². The smallest absolute Gasteiger partial charge is 0.0408 e. The summed E-state index contributed by atoms with van der Waals surface area (Å²) >= 11 is 6.21. The van der Waals surface area contributed by atoms with E-state index in [0.717, 1.165) is 17.9 Å². The second-order valence-corrected chi connectivity index (χ2v) is 6.80. The van der Waals surface area contributed by atoms with E-state index in [9.17, 15) is 0 Å². The van der Waals surface area contributed by atoms with Gasteiger partial charge in [0.2, 0.25) is 0 Å². The lowest BCUT2D eigenvalue weighted by Crippen LogP contribution is -2.35. The molecule has 2 heteroatoms. The van der Waals surface area contributed by atoms with Crippen LogP contribution in [0.15, 0.2) is 42.5 Å². The van der Waals surface area contributed by atoms with Gasteiger partial charge in [-0.1, -0.05) is 47.5 Å². The van der Waals surface area contributed by atoms with Crippen molar-refractivity contribution in [1.29, 1.82) is 0 Å². The highest BCUT2D eigenvalue weighted by Gasteiger charge is 2.29. The highest BCUT2D eigenvalue weighted by Crippen LogP contribution is 2.39. The molecule has 0 aromatic heterocycles. The zero-order valence-electron chi connectivity index (χ0n) is 12.9. The van der Waals surface area contributed by atoms with Crippen LogP contribution in [-0.2, 0) is 6.42 Å². The molecule has 0 spiro atoms. The summed E-state index contributed by atoms with van der Waals surface area (Å²) < 4.78 is 0. The van der Waals surface area contributed by atoms with E-state index in [4.69, 9.17) is 11.6 Å². The molecule has 0 N–H and O–H groups in total. The Morgan fingerprint density at radius 2 is 1.90 bits per heavy atom. The van der Waals surface area contributed by atoms with Crippen LogP contribution < -0.4 is 0 Å². The molecule has 2 aromatic rings. The van der Waals surface area contributed by atoms with Crippen molar-refractivity contribution in [2.24, 2.45) is 0 Å². The summed E-state index contributed by atoms with van der Waals surface area (Å²) in [6.07, 6.45) is 2.30. The van der Waals surface area contributed by atoms with E-state index in [1.165, 1.54) is 22.3 Å². The zero-order valence-corrected chi connectivity index (χ0v) is 13.7. The normalized spacial score (nSPS) is 21.4. The molecule has 2 aromatic carbocycles. The van der Waals surface area contributed by atoms with Crippen LogP contribution in [-0.4, -0.2) is 25.0 Å². The van der Waals surface area contributed by atoms with E-state index in [0.29, 0.717) is 12.0 Å². The summed E-state index contributed by atoms with van der Waals surface area (Å²) in [7, 11) is 4.36. The number of rotatable bonds is 2. The van der Waals surface area contributed by atoms with Gasteiger partial charge in [-0.25, -0.2) is 0 Å². The van der Waals surface area contributed by atoms with E-state index in [-0.39, 0.29) is 0 Å². The third-order valence-corrected chi connectivity index (χ3v) is 4.86. The van der Waals surface area contributed by atoms with Gasteiger partial charge in [-0.3, -0.25) is 0 Å². The van der Waals surface area contributed by atoms with Crippen molar-refractivity contribution in [3.63, 3.8) is 0 Å². The Labute approximate surface area is 132 Å². The Morgan fingerprint density at radius 3 is 2.62 bits per heavy atom. The molecule has 0 saturated carbocycles. The summed E-state index contributed by atoms with van der Waals surface area (Å²) in [6.45, 7) is 2.17. The fraction of sp³-hybridized carbons (Fsp3) is 0.368. The fourth-order valence-electron chi connectivity index (χ4n) is 3.39. The molecule has 110 valence electrons. The molecule has 0 saturated heterocycles. The minimum Gasteiger partial charge on any atom is -0.306 e. The standard InChI is InChI=1S/C19H22ClN/c1-13-7-8-15-11-17(21(2)3)12-19(18(15)9-13)14-5-4-6-16(20)10-14/h4-10,17,19H,11-12H2,1-3H3/t17-,19-/m1/s1. The lowest BCUT2D eigenvalue weighted by atomic mass is 9.76. The Hall–Kier alpha value is -1.31. The van der Waals surface area contributed by atoms with Crippen LogP contribution >= 0.6 is 11.6 Å². The predicted molar refractivity (Wildman–Crippen MR) is 90.3 cm³/mol. The molecule has 0 bridgehead atoms. The number of likely N-dealkylation sites (N-methyl/N-ethyl adjacent to an activating group) is 1. The van der Waals surface area contributed by atoms with Crippen LogP contribution in [0.5, 0.6) is 0 Å². The average molecular weight is 300 g/mol. The fourth-order valence-corrected chi connectivity index (χ4v) is 3.59. The molecule has 1 aliphatic carbocycles. The molecule has 3 rings (SSSR count). The molecule has 21 heavy (non-hydrogen) atoms. The Bertz CT molecular complexity index is 648. The number of hydrogen-bond donors (Lipinski definition) is 0. The quantitative estimate of drug-likeness (QED) is 0.780. The number of benzene rings is 2. The Kier molecular flexibility index (Phi) is 4.05. The van der Waals surface area contributed by atoms with Gasteiger partial charge in [0.05, 0.1) is 0 Å². The van der Waals surface area contributed by atoms with E-state index in [2.05, 4.69) is 62.3 Å². The van der Waals surface area contributed by atoms with Crippen LogP contribution in [0.3, 0.4) is 0 Å². The first-order chi connectivity index (χ1) is 10.0. The highest BCUT2D eigenvalue weighted by atomic mass is 35.5. The predicted octanol–water partition coefficient (Wildman–Crippen LogP) is 4.66. The van der Waals surface area contributed by atoms with E-state index in [1.807, 2.05) is 6.07 Å². The highest BCUT2D eigenvalue weighted by molar-refractivity contribution is 6.30. The summed E-state index contributed by atoms with van der Waals surface area (Å²) in [4.78, 5) is 2.35.